The van der Waals surface area contributed by atoms with Crippen LogP contribution in [-0.4, -0.2) is 28.8 Å². The Kier molecular flexibility index (Phi) is 10.7. The zero-order chi connectivity index (χ0) is 31.8. The molecule has 0 saturated heterocycles. The monoisotopic (exact) mass is 594 g/mol. The average molecular weight is 595 g/mol. The lowest BCUT2D eigenvalue weighted by molar-refractivity contribution is -0.131. The van der Waals surface area contributed by atoms with Crippen molar-refractivity contribution in [2.24, 2.45) is 10.8 Å². The maximum absolute atomic E-state index is 13.3. The molecule has 9 nitrogen and oxygen atoms in total. The molecule has 0 fully saturated rings. The van der Waals surface area contributed by atoms with E-state index >= 15 is 0 Å². The number of benzene rings is 3. The van der Waals surface area contributed by atoms with E-state index in [2.05, 4.69) is 16.0 Å². The Labute approximate surface area is 249 Å². The van der Waals surface area contributed by atoms with Crippen molar-refractivity contribution in [1.82, 2.24) is 5.48 Å². The molecule has 0 heterocycles. The number of halogens is 2. The van der Waals surface area contributed by atoms with Gasteiger partial charge in [0, 0.05) is 29.9 Å². The highest BCUT2D eigenvalue weighted by molar-refractivity contribution is 6.15. The van der Waals surface area contributed by atoms with Crippen molar-refractivity contribution in [2.45, 2.75) is 52.9 Å². The van der Waals surface area contributed by atoms with Gasteiger partial charge in [0.1, 0.15) is 17.6 Å². The summed E-state index contributed by atoms with van der Waals surface area (Å²) in [5.74, 6) is -4.42. The zero-order valence-corrected chi connectivity index (χ0v) is 24.5. The van der Waals surface area contributed by atoms with Crippen LogP contribution in [0.2, 0.25) is 0 Å². The van der Waals surface area contributed by atoms with Gasteiger partial charge in [-0.3, -0.25) is 24.4 Å². The SMILES string of the molecule is CC(C)(CC(=O)NO)CC(C)(C)CC(=O)Nc1ccc(C(C(=O)Nc2ccc(F)cc2)C(=O)Nc2ccc(F)cc2)cc1. The van der Waals surface area contributed by atoms with Gasteiger partial charge in [-0.2, -0.15) is 0 Å². The van der Waals surface area contributed by atoms with E-state index in [-0.39, 0.29) is 30.1 Å². The Morgan fingerprint density at radius 3 is 1.42 bits per heavy atom. The average Bonchev–Trinajstić information content (AvgIpc) is 2.91. The van der Waals surface area contributed by atoms with Gasteiger partial charge in [0.2, 0.25) is 23.6 Å². The lowest BCUT2D eigenvalue weighted by Gasteiger charge is -2.34. The van der Waals surface area contributed by atoms with Crippen LogP contribution in [0.5, 0.6) is 0 Å². The van der Waals surface area contributed by atoms with E-state index < -0.39 is 46.1 Å². The van der Waals surface area contributed by atoms with Gasteiger partial charge in [-0.25, -0.2) is 14.3 Å². The predicted molar refractivity (Wildman–Crippen MR) is 159 cm³/mol. The molecule has 0 aliphatic carbocycles. The van der Waals surface area contributed by atoms with Crippen LogP contribution in [0.4, 0.5) is 25.8 Å². The lowest BCUT2D eigenvalue weighted by atomic mass is 9.71. The molecule has 43 heavy (non-hydrogen) atoms. The molecule has 3 aromatic carbocycles. The molecule has 0 saturated carbocycles. The lowest BCUT2D eigenvalue weighted by Crippen LogP contribution is -2.32. The van der Waals surface area contributed by atoms with Crippen LogP contribution >= 0.6 is 0 Å². The summed E-state index contributed by atoms with van der Waals surface area (Å²) in [6.45, 7) is 7.60. The topological polar surface area (TPSA) is 137 Å². The second-order valence-corrected chi connectivity index (χ2v) is 12.0. The molecule has 3 rings (SSSR count). The minimum absolute atomic E-state index is 0.0979. The van der Waals surface area contributed by atoms with Crippen LogP contribution in [0.25, 0.3) is 0 Å². The molecule has 0 radical (unpaired) electrons. The number of hydrogen-bond donors (Lipinski definition) is 5. The van der Waals surface area contributed by atoms with Gasteiger partial charge in [-0.15, -0.1) is 0 Å². The second-order valence-electron chi connectivity index (χ2n) is 12.0. The molecule has 0 spiro atoms. The van der Waals surface area contributed by atoms with E-state index in [0.717, 1.165) is 0 Å². The maximum Gasteiger partial charge on any atom is 0.243 e. The number of amides is 4. The third-order valence-corrected chi connectivity index (χ3v) is 6.64. The smallest absolute Gasteiger partial charge is 0.243 e. The predicted octanol–water partition coefficient (Wildman–Crippen LogP) is 5.99. The number of anilines is 3. The Bertz CT molecular complexity index is 1380. The Morgan fingerprint density at radius 1 is 0.628 bits per heavy atom. The Hall–Kier alpha value is -4.64. The summed E-state index contributed by atoms with van der Waals surface area (Å²) in [4.78, 5) is 51.0. The molecule has 228 valence electrons. The molecule has 0 aromatic heterocycles. The number of rotatable bonds is 12. The minimum atomic E-state index is -1.34. The van der Waals surface area contributed by atoms with E-state index in [1.54, 1.807) is 17.6 Å². The first-order valence-electron chi connectivity index (χ1n) is 13.6. The van der Waals surface area contributed by atoms with Gasteiger partial charge < -0.3 is 16.0 Å². The maximum atomic E-state index is 13.3. The van der Waals surface area contributed by atoms with Gasteiger partial charge in [0.25, 0.3) is 0 Å². The summed E-state index contributed by atoms with van der Waals surface area (Å²) < 4.78 is 26.7. The van der Waals surface area contributed by atoms with Crippen molar-refractivity contribution in [2.75, 3.05) is 16.0 Å². The highest BCUT2D eigenvalue weighted by Gasteiger charge is 2.33. The number of carbonyl (C=O) groups is 4. The molecular weight excluding hydrogens is 558 g/mol. The highest BCUT2D eigenvalue weighted by atomic mass is 19.1. The molecule has 11 heteroatoms. The summed E-state index contributed by atoms with van der Waals surface area (Å²) in [5, 5.41) is 16.9. The molecule has 0 atom stereocenters. The summed E-state index contributed by atoms with van der Waals surface area (Å²) in [7, 11) is 0. The van der Waals surface area contributed by atoms with Crippen LogP contribution in [0, 0.1) is 22.5 Å². The van der Waals surface area contributed by atoms with Crippen LogP contribution in [0.3, 0.4) is 0 Å². The van der Waals surface area contributed by atoms with Crippen molar-refractivity contribution in [3.63, 3.8) is 0 Å². The number of hydroxylamine groups is 1. The molecule has 0 aliphatic rings. The molecule has 5 N–H and O–H groups in total. The normalized spacial score (nSPS) is 11.5. The van der Waals surface area contributed by atoms with E-state index in [1.165, 1.54) is 60.7 Å². The third kappa shape index (κ3) is 10.3. The summed E-state index contributed by atoms with van der Waals surface area (Å²) in [6, 6.07) is 16.4. The van der Waals surface area contributed by atoms with E-state index in [4.69, 9.17) is 5.21 Å². The fourth-order valence-corrected chi connectivity index (χ4v) is 5.21. The van der Waals surface area contributed by atoms with Gasteiger partial charge in [-0.05, 0) is 83.5 Å². The van der Waals surface area contributed by atoms with Crippen molar-refractivity contribution < 1.29 is 33.2 Å². The quantitative estimate of drug-likeness (QED) is 0.0997. The summed E-state index contributed by atoms with van der Waals surface area (Å²) >= 11 is 0. The summed E-state index contributed by atoms with van der Waals surface area (Å²) in [5.41, 5.74) is 2.05. The van der Waals surface area contributed by atoms with Crippen LogP contribution in [-0.2, 0) is 19.2 Å². The molecule has 0 aliphatic heterocycles. The van der Waals surface area contributed by atoms with Crippen molar-refractivity contribution >= 4 is 40.7 Å². The highest BCUT2D eigenvalue weighted by Crippen LogP contribution is 2.38. The van der Waals surface area contributed by atoms with Crippen LogP contribution < -0.4 is 21.4 Å². The van der Waals surface area contributed by atoms with Crippen LogP contribution in [0.1, 0.15) is 58.4 Å². The molecule has 0 unspecified atom stereocenters. The number of carbonyl (C=O) groups excluding carboxylic acids is 4. The minimum Gasteiger partial charge on any atom is -0.326 e. The second kappa shape index (κ2) is 14.0. The van der Waals surface area contributed by atoms with E-state index in [9.17, 15) is 28.0 Å². The van der Waals surface area contributed by atoms with E-state index in [1.807, 2.05) is 27.7 Å². The number of hydrogen-bond acceptors (Lipinski definition) is 5. The van der Waals surface area contributed by atoms with E-state index in [0.29, 0.717) is 17.7 Å². The van der Waals surface area contributed by atoms with Gasteiger partial charge in [0.05, 0.1) is 0 Å². The van der Waals surface area contributed by atoms with Crippen molar-refractivity contribution in [1.29, 1.82) is 0 Å². The van der Waals surface area contributed by atoms with Crippen molar-refractivity contribution in [3.05, 3.63) is 90.0 Å². The first kappa shape index (κ1) is 32.9. The largest absolute Gasteiger partial charge is 0.326 e. The zero-order valence-electron chi connectivity index (χ0n) is 24.5. The Morgan fingerprint density at radius 2 is 1.00 bits per heavy atom. The summed E-state index contributed by atoms with van der Waals surface area (Å²) in [6.07, 6.45) is 0.788. The molecule has 4 amide bonds. The first-order valence-corrected chi connectivity index (χ1v) is 13.6. The molecule has 0 bridgehead atoms. The van der Waals surface area contributed by atoms with Gasteiger partial charge >= 0.3 is 0 Å². The molecule has 3 aromatic rings. The van der Waals surface area contributed by atoms with Crippen molar-refractivity contribution in [3.8, 4) is 0 Å². The van der Waals surface area contributed by atoms with Gasteiger partial charge in [0.15, 0.2) is 0 Å². The van der Waals surface area contributed by atoms with Gasteiger partial charge in [-0.1, -0.05) is 39.8 Å². The standard InChI is InChI=1S/C32H36F2N4O5/c1-31(2,19-32(3,4)18-27(40)38-43)17-26(39)35-23-11-5-20(6-12-23)28(29(41)36-24-13-7-21(33)8-14-24)30(42)37-25-15-9-22(34)10-16-25/h5-16,28,43H,17-19H2,1-4H3,(H,35,39)(H,36,41)(H,37,42)(H,38,40). The number of nitrogens with one attached hydrogen (secondary N) is 4. The third-order valence-electron chi connectivity index (χ3n) is 6.64. The fourth-order valence-electron chi connectivity index (χ4n) is 5.21. The van der Waals surface area contributed by atoms with Crippen LogP contribution in [0.15, 0.2) is 72.8 Å². The molecular formula is C32H36F2N4O5. The fraction of sp³-hybridized carbons (Fsp3) is 0.312. The Balaban J connectivity index is 1.74. The first-order chi connectivity index (χ1) is 20.2.